The highest BCUT2D eigenvalue weighted by atomic mass is 79.9. The van der Waals surface area contributed by atoms with E-state index in [1.807, 2.05) is 17.0 Å². The first-order chi connectivity index (χ1) is 14.7. The number of likely N-dealkylation sites (tertiary alicyclic amines) is 1. The maximum atomic E-state index is 13.6. The third kappa shape index (κ3) is 4.90. The quantitative estimate of drug-likeness (QED) is 0.517. The van der Waals surface area contributed by atoms with Gasteiger partial charge in [0.05, 0.1) is 5.56 Å². The second-order valence-electron chi connectivity index (χ2n) is 9.83. The Bertz CT molecular complexity index is 969. The minimum absolute atomic E-state index is 0.0949. The highest BCUT2D eigenvalue weighted by Gasteiger charge is 2.35. The summed E-state index contributed by atoms with van der Waals surface area (Å²) in [6, 6.07) is 7.33. The van der Waals surface area contributed by atoms with Gasteiger partial charge in [-0.3, -0.25) is 9.59 Å². The van der Waals surface area contributed by atoms with Crippen molar-refractivity contribution >= 4 is 44.1 Å². The third-order valence-electron chi connectivity index (χ3n) is 6.68. The van der Waals surface area contributed by atoms with E-state index in [9.17, 15) is 9.59 Å². The van der Waals surface area contributed by atoms with Gasteiger partial charge in [0, 0.05) is 28.0 Å². The van der Waals surface area contributed by atoms with Crippen LogP contribution in [-0.2, 0) is 12.8 Å². The van der Waals surface area contributed by atoms with Crippen molar-refractivity contribution in [1.29, 1.82) is 0 Å². The van der Waals surface area contributed by atoms with Crippen molar-refractivity contribution in [2.24, 2.45) is 11.3 Å². The molecule has 0 spiro atoms. The molecule has 2 aromatic rings. The predicted octanol–water partition coefficient (Wildman–Crippen LogP) is 6.54. The smallest absolute Gasteiger partial charge is 0.257 e. The molecule has 1 aromatic heterocycles. The molecule has 1 unspecified atom stereocenters. The largest absolute Gasteiger partial charge is 0.339 e. The molecule has 2 aliphatic rings. The van der Waals surface area contributed by atoms with E-state index in [4.69, 9.17) is 0 Å². The lowest BCUT2D eigenvalue weighted by Crippen LogP contribution is -2.36. The molecule has 0 bridgehead atoms. The van der Waals surface area contributed by atoms with Crippen LogP contribution in [0.2, 0.25) is 0 Å². The van der Waals surface area contributed by atoms with Gasteiger partial charge in [-0.2, -0.15) is 0 Å². The normalized spacial score (nSPS) is 19.1. The maximum absolute atomic E-state index is 13.6. The number of anilines is 1. The Hall–Kier alpha value is -1.66. The molecular formula is C25H31BrN2O2S. The summed E-state index contributed by atoms with van der Waals surface area (Å²) in [5.41, 5.74) is 2.75. The molecule has 1 fully saturated rings. The van der Waals surface area contributed by atoms with Crippen molar-refractivity contribution in [2.45, 2.75) is 59.3 Å². The lowest BCUT2D eigenvalue weighted by Gasteiger charge is -2.34. The number of nitrogens with one attached hydrogen (secondary N) is 1. The van der Waals surface area contributed by atoms with Gasteiger partial charge in [-0.1, -0.05) is 36.7 Å². The molecule has 4 rings (SSSR count). The van der Waals surface area contributed by atoms with Crippen LogP contribution in [0.4, 0.5) is 5.00 Å². The molecule has 1 aliphatic heterocycles. The summed E-state index contributed by atoms with van der Waals surface area (Å²) in [4.78, 5) is 29.8. The van der Waals surface area contributed by atoms with Crippen LogP contribution in [0.15, 0.2) is 28.7 Å². The standard InChI is InChI=1S/C25H31BrN2O2S/c1-25(2,3)17-9-12-19-20(15-17)31-23(21(19)24(30)28-13-5-4-6-14-28)27-22(29)16-7-10-18(26)11-8-16/h7-8,10-11,17H,4-6,9,12-15H2,1-3H3,(H,27,29). The number of nitrogens with zero attached hydrogens (tertiary/aromatic N) is 1. The topological polar surface area (TPSA) is 49.4 Å². The zero-order valence-corrected chi connectivity index (χ0v) is 21.0. The Morgan fingerprint density at radius 2 is 1.77 bits per heavy atom. The van der Waals surface area contributed by atoms with E-state index < -0.39 is 0 Å². The van der Waals surface area contributed by atoms with E-state index in [1.165, 1.54) is 16.9 Å². The van der Waals surface area contributed by atoms with Gasteiger partial charge in [0.1, 0.15) is 5.00 Å². The number of fused-ring (bicyclic) bond motifs is 1. The van der Waals surface area contributed by atoms with Crippen molar-refractivity contribution in [1.82, 2.24) is 4.90 Å². The van der Waals surface area contributed by atoms with E-state index in [0.29, 0.717) is 11.5 Å². The molecule has 6 heteroatoms. The van der Waals surface area contributed by atoms with Gasteiger partial charge in [0.25, 0.3) is 11.8 Å². The average molecular weight is 504 g/mol. The van der Waals surface area contributed by atoms with Crippen LogP contribution in [0, 0.1) is 11.3 Å². The van der Waals surface area contributed by atoms with Crippen molar-refractivity contribution < 1.29 is 9.59 Å². The van der Waals surface area contributed by atoms with Gasteiger partial charge < -0.3 is 10.2 Å². The van der Waals surface area contributed by atoms with E-state index in [1.54, 1.807) is 23.5 Å². The number of hydrogen-bond donors (Lipinski definition) is 1. The Labute approximate surface area is 197 Å². The number of piperidine rings is 1. The van der Waals surface area contributed by atoms with Crippen molar-refractivity contribution in [3.8, 4) is 0 Å². The van der Waals surface area contributed by atoms with E-state index in [0.717, 1.165) is 60.2 Å². The number of thiophene rings is 1. The summed E-state index contributed by atoms with van der Waals surface area (Å²) in [6.07, 6.45) is 6.30. The Kier molecular flexibility index (Phi) is 6.59. The SMILES string of the molecule is CC(C)(C)C1CCc2c(sc(NC(=O)c3ccc(Br)cc3)c2C(=O)N2CCCCC2)C1. The van der Waals surface area contributed by atoms with E-state index >= 15 is 0 Å². The molecule has 1 saturated heterocycles. The molecule has 1 aliphatic carbocycles. The second kappa shape index (κ2) is 9.07. The zero-order valence-electron chi connectivity index (χ0n) is 18.6. The first kappa shape index (κ1) is 22.5. The van der Waals surface area contributed by atoms with Crippen LogP contribution in [0.1, 0.15) is 77.6 Å². The summed E-state index contributed by atoms with van der Waals surface area (Å²) in [5, 5.41) is 3.82. The van der Waals surface area contributed by atoms with Crippen LogP contribution < -0.4 is 5.32 Å². The molecule has 4 nitrogen and oxygen atoms in total. The fraction of sp³-hybridized carbons (Fsp3) is 0.520. The predicted molar refractivity (Wildman–Crippen MR) is 131 cm³/mol. The molecule has 0 saturated carbocycles. The lowest BCUT2D eigenvalue weighted by atomic mass is 9.72. The van der Waals surface area contributed by atoms with Crippen LogP contribution in [0.3, 0.4) is 0 Å². The number of hydrogen-bond acceptors (Lipinski definition) is 3. The van der Waals surface area contributed by atoms with Gasteiger partial charge in [-0.25, -0.2) is 0 Å². The van der Waals surface area contributed by atoms with E-state index in [-0.39, 0.29) is 17.2 Å². The molecule has 2 heterocycles. The number of halogens is 1. The lowest BCUT2D eigenvalue weighted by molar-refractivity contribution is 0.0724. The number of carbonyl (C=O) groups is 2. The first-order valence-corrected chi connectivity index (χ1v) is 12.9. The molecule has 1 aromatic carbocycles. The summed E-state index contributed by atoms with van der Waals surface area (Å²) in [6.45, 7) is 8.52. The molecule has 1 atom stereocenters. The molecule has 2 amide bonds. The summed E-state index contributed by atoms with van der Waals surface area (Å²) < 4.78 is 0.935. The second-order valence-corrected chi connectivity index (χ2v) is 11.8. The van der Waals surface area contributed by atoms with Crippen LogP contribution >= 0.6 is 27.3 Å². The molecule has 1 N–H and O–H groups in total. The highest BCUT2D eigenvalue weighted by Crippen LogP contribution is 2.45. The molecule has 166 valence electrons. The maximum Gasteiger partial charge on any atom is 0.257 e. The monoisotopic (exact) mass is 502 g/mol. The van der Waals surface area contributed by atoms with Crippen molar-refractivity contribution in [2.75, 3.05) is 18.4 Å². The Morgan fingerprint density at radius 1 is 1.10 bits per heavy atom. The van der Waals surface area contributed by atoms with Gasteiger partial charge in [-0.05, 0) is 79.7 Å². The highest BCUT2D eigenvalue weighted by molar-refractivity contribution is 9.10. The Balaban J connectivity index is 1.67. The number of carbonyl (C=O) groups excluding carboxylic acids is 2. The van der Waals surface area contributed by atoms with Crippen molar-refractivity contribution in [3.05, 3.63) is 50.3 Å². The minimum Gasteiger partial charge on any atom is -0.339 e. The van der Waals surface area contributed by atoms with Crippen LogP contribution in [-0.4, -0.2) is 29.8 Å². The van der Waals surface area contributed by atoms with Gasteiger partial charge >= 0.3 is 0 Å². The fourth-order valence-corrected chi connectivity index (χ4v) is 6.25. The number of benzene rings is 1. The molecule has 0 radical (unpaired) electrons. The summed E-state index contributed by atoms with van der Waals surface area (Å²) in [7, 11) is 0. The molecule has 31 heavy (non-hydrogen) atoms. The molecular weight excluding hydrogens is 472 g/mol. The Morgan fingerprint density at radius 3 is 2.42 bits per heavy atom. The minimum atomic E-state index is -0.161. The van der Waals surface area contributed by atoms with Crippen molar-refractivity contribution in [3.63, 3.8) is 0 Å². The third-order valence-corrected chi connectivity index (χ3v) is 8.38. The average Bonchev–Trinajstić information content (AvgIpc) is 3.10. The van der Waals surface area contributed by atoms with Gasteiger partial charge in [-0.15, -0.1) is 11.3 Å². The fourth-order valence-electron chi connectivity index (χ4n) is 4.67. The summed E-state index contributed by atoms with van der Waals surface area (Å²) >= 11 is 5.03. The van der Waals surface area contributed by atoms with Crippen LogP contribution in [0.5, 0.6) is 0 Å². The number of rotatable bonds is 3. The zero-order chi connectivity index (χ0) is 22.2. The first-order valence-electron chi connectivity index (χ1n) is 11.2. The summed E-state index contributed by atoms with van der Waals surface area (Å²) in [5.74, 6) is 0.523. The van der Waals surface area contributed by atoms with Gasteiger partial charge in [0.2, 0.25) is 0 Å². The van der Waals surface area contributed by atoms with Crippen LogP contribution in [0.25, 0.3) is 0 Å². The number of amides is 2. The van der Waals surface area contributed by atoms with Gasteiger partial charge in [0.15, 0.2) is 0 Å². The van der Waals surface area contributed by atoms with E-state index in [2.05, 4.69) is 42.0 Å².